The van der Waals surface area contributed by atoms with Gasteiger partial charge in [-0.3, -0.25) is 0 Å². The Morgan fingerprint density at radius 3 is 2.29 bits per heavy atom. The second kappa shape index (κ2) is 10.1. The summed E-state index contributed by atoms with van der Waals surface area (Å²) < 4.78 is 0. The van der Waals surface area contributed by atoms with E-state index in [4.69, 9.17) is 0 Å². The number of anilines is 4. The molecule has 1 aliphatic heterocycles. The summed E-state index contributed by atoms with van der Waals surface area (Å²) >= 11 is 0. The highest BCUT2D eigenvalue weighted by Crippen LogP contribution is 2.41. The first-order valence-corrected chi connectivity index (χ1v) is 13.3. The zero-order valence-electron chi connectivity index (χ0n) is 22.1. The van der Waals surface area contributed by atoms with E-state index >= 15 is 0 Å². The predicted octanol–water partition coefficient (Wildman–Crippen LogP) is 9.98. The van der Waals surface area contributed by atoms with Crippen molar-refractivity contribution >= 4 is 33.5 Å². The molecule has 0 atom stereocenters. The summed E-state index contributed by atoms with van der Waals surface area (Å²) in [6.07, 6.45) is 15.0. The number of nitrogens with zero attached hydrogens (tertiary/aromatic N) is 2. The quantitative estimate of drug-likeness (QED) is 0.280. The van der Waals surface area contributed by atoms with E-state index in [1.54, 1.807) is 0 Å². The van der Waals surface area contributed by atoms with Crippen molar-refractivity contribution in [2.75, 3.05) is 9.80 Å². The molecule has 4 aromatic rings. The van der Waals surface area contributed by atoms with Crippen LogP contribution in [0.5, 0.6) is 0 Å². The highest BCUT2D eigenvalue weighted by molar-refractivity contribution is 5.99. The lowest BCUT2D eigenvalue weighted by atomic mass is 9.94. The Labute approximate surface area is 225 Å². The average molecular weight is 493 g/mol. The van der Waals surface area contributed by atoms with Crippen LogP contribution < -0.4 is 9.80 Å². The van der Waals surface area contributed by atoms with Gasteiger partial charge in [0.15, 0.2) is 0 Å². The molecule has 0 radical (unpaired) electrons. The second-order valence-electron chi connectivity index (χ2n) is 10.1. The molecule has 1 heterocycles. The molecule has 0 bridgehead atoms. The molecule has 0 fully saturated rings. The van der Waals surface area contributed by atoms with Crippen molar-refractivity contribution in [1.29, 1.82) is 0 Å². The number of benzene rings is 4. The molecule has 2 aliphatic rings. The summed E-state index contributed by atoms with van der Waals surface area (Å²) in [7, 11) is 0. The van der Waals surface area contributed by atoms with Gasteiger partial charge in [0, 0.05) is 34.3 Å². The lowest BCUT2D eigenvalue weighted by molar-refractivity contribution is 0.937. The predicted molar refractivity (Wildman–Crippen MR) is 163 cm³/mol. The summed E-state index contributed by atoms with van der Waals surface area (Å²) in [5.41, 5.74) is 10.7. The van der Waals surface area contributed by atoms with Crippen LogP contribution in [0.3, 0.4) is 0 Å². The van der Waals surface area contributed by atoms with Crippen molar-refractivity contribution in [1.82, 2.24) is 0 Å². The minimum absolute atomic E-state index is 1.01. The fraction of sp³-hybridized carbons (Fsp3) is 0.111. The van der Waals surface area contributed by atoms with Crippen LogP contribution >= 0.6 is 0 Å². The summed E-state index contributed by atoms with van der Waals surface area (Å²) in [6.45, 7) is 8.63. The van der Waals surface area contributed by atoms with E-state index in [2.05, 4.69) is 152 Å². The maximum atomic E-state index is 4.33. The fourth-order valence-electron chi connectivity index (χ4n) is 5.42. The summed E-state index contributed by atoms with van der Waals surface area (Å²) in [6, 6.07) is 30.9. The van der Waals surface area contributed by atoms with E-state index in [9.17, 15) is 0 Å². The molecule has 38 heavy (non-hydrogen) atoms. The van der Waals surface area contributed by atoms with Gasteiger partial charge >= 0.3 is 0 Å². The highest BCUT2D eigenvalue weighted by Gasteiger charge is 2.19. The minimum Gasteiger partial charge on any atom is -0.317 e. The van der Waals surface area contributed by atoms with Gasteiger partial charge in [0.05, 0.1) is 5.69 Å². The van der Waals surface area contributed by atoms with Crippen LogP contribution in [0.1, 0.15) is 24.0 Å². The van der Waals surface area contributed by atoms with E-state index in [1.807, 2.05) is 0 Å². The van der Waals surface area contributed by atoms with Crippen LogP contribution in [0.15, 0.2) is 145 Å². The molecule has 2 nitrogen and oxygen atoms in total. The van der Waals surface area contributed by atoms with Gasteiger partial charge in [-0.05, 0) is 103 Å². The van der Waals surface area contributed by atoms with Gasteiger partial charge in [-0.1, -0.05) is 72.8 Å². The number of fused-ring (bicyclic) bond motifs is 1. The highest BCUT2D eigenvalue weighted by atomic mass is 15.2. The molecule has 0 aromatic heterocycles. The molecule has 6 rings (SSSR count). The third kappa shape index (κ3) is 4.50. The zero-order chi connectivity index (χ0) is 26.1. The Kier molecular flexibility index (Phi) is 6.31. The lowest BCUT2D eigenvalue weighted by Gasteiger charge is -2.30. The van der Waals surface area contributed by atoms with Crippen LogP contribution in [0.25, 0.3) is 10.8 Å². The van der Waals surface area contributed by atoms with Crippen molar-refractivity contribution in [2.24, 2.45) is 0 Å². The largest absolute Gasteiger partial charge is 0.317 e. The summed E-state index contributed by atoms with van der Waals surface area (Å²) in [5.74, 6) is 0. The standard InChI is InChI=1S/C36H32N2/c1-26-15-17-31(18-16-26)38(36-25-27(2)24-29-11-4-5-13-34(29)36)32-21-19-30(20-22-32)37-23-9-8-10-28(3)33-12-6-7-14-35(33)37/h4-5,7-11,13-25H,3,6,12H2,1-2H3/b10-8-,23-9-. The molecule has 0 spiro atoms. The van der Waals surface area contributed by atoms with Gasteiger partial charge in [-0.25, -0.2) is 0 Å². The average Bonchev–Trinajstić information content (AvgIpc) is 2.93. The van der Waals surface area contributed by atoms with E-state index in [1.165, 1.54) is 38.9 Å². The van der Waals surface area contributed by atoms with Gasteiger partial charge in [-0.15, -0.1) is 0 Å². The van der Waals surface area contributed by atoms with Crippen LogP contribution in [0.4, 0.5) is 22.7 Å². The molecule has 0 N–H and O–H groups in total. The molecule has 0 amide bonds. The van der Waals surface area contributed by atoms with E-state index in [0.29, 0.717) is 0 Å². The van der Waals surface area contributed by atoms with E-state index < -0.39 is 0 Å². The Morgan fingerprint density at radius 2 is 1.50 bits per heavy atom. The molecule has 186 valence electrons. The van der Waals surface area contributed by atoms with E-state index in [0.717, 1.165) is 35.5 Å². The van der Waals surface area contributed by atoms with Crippen LogP contribution in [-0.4, -0.2) is 0 Å². The first-order chi connectivity index (χ1) is 18.6. The molecule has 0 unspecified atom stereocenters. The monoisotopic (exact) mass is 492 g/mol. The normalized spacial score (nSPS) is 16.7. The lowest BCUT2D eigenvalue weighted by Crippen LogP contribution is -2.19. The van der Waals surface area contributed by atoms with Gasteiger partial charge in [0.25, 0.3) is 0 Å². The Morgan fingerprint density at radius 1 is 0.763 bits per heavy atom. The molecule has 0 saturated carbocycles. The molecule has 2 heteroatoms. The van der Waals surface area contributed by atoms with Gasteiger partial charge in [-0.2, -0.15) is 0 Å². The molecule has 4 aromatic carbocycles. The summed E-state index contributed by atoms with van der Waals surface area (Å²) in [5, 5.41) is 2.49. The van der Waals surface area contributed by atoms with Crippen molar-refractivity contribution in [3.05, 3.63) is 156 Å². The number of rotatable bonds is 4. The number of allylic oxidation sites excluding steroid dienone is 7. The topological polar surface area (TPSA) is 6.48 Å². The van der Waals surface area contributed by atoms with Gasteiger partial charge in [0.1, 0.15) is 0 Å². The number of aryl methyl sites for hydroxylation is 2. The van der Waals surface area contributed by atoms with Crippen molar-refractivity contribution in [3.63, 3.8) is 0 Å². The first-order valence-electron chi connectivity index (χ1n) is 13.3. The van der Waals surface area contributed by atoms with Crippen molar-refractivity contribution in [3.8, 4) is 0 Å². The second-order valence-corrected chi connectivity index (χ2v) is 10.1. The fourth-order valence-corrected chi connectivity index (χ4v) is 5.42. The molecule has 0 saturated heterocycles. The van der Waals surface area contributed by atoms with E-state index in [-0.39, 0.29) is 0 Å². The molecular weight excluding hydrogens is 460 g/mol. The van der Waals surface area contributed by atoms with Crippen LogP contribution in [0, 0.1) is 13.8 Å². The smallest absolute Gasteiger partial charge is 0.0542 e. The minimum atomic E-state index is 1.01. The Balaban J connectivity index is 1.47. The first kappa shape index (κ1) is 23.8. The molecular formula is C36H32N2. The zero-order valence-corrected chi connectivity index (χ0v) is 22.1. The Hall–Kier alpha value is -4.56. The Bertz CT molecular complexity index is 1630. The molecule has 1 aliphatic carbocycles. The maximum absolute atomic E-state index is 4.33. The van der Waals surface area contributed by atoms with Gasteiger partial charge in [0.2, 0.25) is 0 Å². The van der Waals surface area contributed by atoms with Crippen molar-refractivity contribution < 1.29 is 0 Å². The third-order valence-electron chi connectivity index (χ3n) is 7.34. The maximum Gasteiger partial charge on any atom is 0.0542 e. The third-order valence-corrected chi connectivity index (χ3v) is 7.34. The number of hydrogen-bond donors (Lipinski definition) is 0. The van der Waals surface area contributed by atoms with Crippen LogP contribution in [0.2, 0.25) is 0 Å². The van der Waals surface area contributed by atoms with Gasteiger partial charge < -0.3 is 9.80 Å². The van der Waals surface area contributed by atoms with Crippen molar-refractivity contribution in [2.45, 2.75) is 26.7 Å². The summed E-state index contributed by atoms with van der Waals surface area (Å²) in [4.78, 5) is 4.65. The van der Waals surface area contributed by atoms with Crippen LogP contribution in [-0.2, 0) is 0 Å². The SMILES string of the molecule is C=C1/C=C\C=C/N(c2ccc(N(c3ccc(C)cc3)c3cc(C)cc4ccccc34)cc2)C2=C1CCC=C2. The number of hydrogen-bond acceptors (Lipinski definition) is 2.